The molecule has 16 heavy (non-hydrogen) atoms. The van der Waals surface area contributed by atoms with Crippen molar-refractivity contribution in [2.24, 2.45) is 0 Å². The van der Waals surface area contributed by atoms with E-state index in [4.69, 9.17) is 19.9 Å². The zero-order valence-electron chi connectivity index (χ0n) is 9.48. The first-order chi connectivity index (χ1) is 7.83. The van der Waals surface area contributed by atoms with Crippen LogP contribution in [0.25, 0.3) is 0 Å². The molecule has 1 aromatic heterocycles. The molecular weight excluding hydrogens is 228 g/mol. The van der Waals surface area contributed by atoms with Crippen molar-refractivity contribution in [3.63, 3.8) is 0 Å². The monoisotopic (exact) mass is 246 g/mol. The van der Waals surface area contributed by atoms with Gasteiger partial charge in [0.1, 0.15) is 0 Å². The van der Waals surface area contributed by atoms with Crippen molar-refractivity contribution in [3.8, 4) is 0 Å². The maximum atomic E-state index is 5.50. The minimum absolute atomic E-state index is 0.576. The van der Waals surface area contributed by atoms with Gasteiger partial charge in [0.25, 0.3) is 0 Å². The van der Waals surface area contributed by atoms with Crippen LogP contribution < -0.4 is 5.73 Å². The van der Waals surface area contributed by atoms with Crippen molar-refractivity contribution in [3.05, 3.63) is 11.1 Å². The lowest BCUT2D eigenvalue weighted by molar-refractivity contribution is 0.0487. The summed E-state index contributed by atoms with van der Waals surface area (Å²) in [7, 11) is 1.66. The Kier molecular flexibility index (Phi) is 7.07. The van der Waals surface area contributed by atoms with E-state index in [1.54, 1.807) is 13.3 Å². The van der Waals surface area contributed by atoms with Gasteiger partial charge in [-0.3, -0.25) is 0 Å². The van der Waals surface area contributed by atoms with Crippen molar-refractivity contribution in [2.45, 2.75) is 13.0 Å². The first kappa shape index (κ1) is 13.4. The summed E-state index contributed by atoms with van der Waals surface area (Å²) in [4.78, 5) is 5.00. The minimum atomic E-state index is 0.576. The topological polar surface area (TPSA) is 66.6 Å². The molecule has 92 valence electrons. The maximum Gasteiger partial charge on any atom is 0.180 e. The van der Waals surface area contributed by atoms with E-state index in [1.165, 1.54) is 11.3 Å². The summed E-state index contributed by atoms with van der Waals surface area (Å²) in [5, 5.41) is 0.585. The number of hydrogen-bond donors (Lipinski definition) is 1. The van der Waals surface area contributed by atoms with E-state index in [1.807, 2.05) is 0 Å². The average Bonchev–Trinajstić information content (AvgIpc) is 2.68. The number of nitrogens with two attached hydrogens (primary N) is 1. The first-order valence-electron chi connectivity index (χ1n) is 5.17. The van der Waals surface area contributed by atoms with Gasteiger partial charge < -0.3 is 19.9 Å². The van der Waals surface area contributed by atoms with Crippen LogP contribution in [0.4, 0.5) is 5.13 Å². The largest absolute Gasteiger partial charge is 0.382 e. The predicted molar refractivity (Wildman–Crippen MR) is 63.5 cm³/mol. The quantitative estimate of drug-likeness (QED) is 0.665. The van der Waals surface area contributed by atoms with E-state index in [0.29, 0.717) is 38.2 Å². The van der Waals surface area contributed by atoms with Crippen molar-refractivity contribution in [2.75, 3.05) is 39.3 Å². The molecule has 6 heteroatoms. The molecule has 0 amide bonds. The van der Waals surface area contributed by atoms with E-state index in [-0.39, 0.29) is 0 Å². The van der Waals surface area contributed by atoms with Gasteiger partial charge in [0.05, 0.1) is 24.7 Å². The van der Waals surface area contributed by atoms with E-state index >= 15 is 0 Å². The molecule has 0 bridgehead atoms. The average molecular weight is 246 g/mol. The lowest BCUT2D eigenvalue weighted by Gasteiger charge is -2.04. The van der Waals surface area contributed by atoms with Gasteiger partial charge in [0, 0.05) is 26.5 Å². The Hall–Kier alpha value is -0.690. The highest BCUT2D eigenvalue weighted by atomic mass is 32.1. The maximum absolute atomic E-state index is 5.50. The van der Waals surface area contributed by atoms with Crippen LogP contribution in [-0.2, 0) is 20.8 Å². The molecule has 0 saturated carbocycles. The van der Waals surface area contributed by atoms with E-state index < -0.39 is 0 Å². The molecule has 1 aromatic rings. The van der Waals surface area contributed by atoms with E-state index in [0.717, 1.165) is 11.3 Å². The lowest BCUT2D eigenvalue weighted by Crippen LogP contribution is -2.05. The summed E-state index contributed by atoms with van der Waals surface area (Å²) < 4.78 is 15.6. The Morgan fingerprint density at radius 3 is 2.75 bits per heavy atom. The van der Waals surface area contributed by atoms with Crippen LogP contribution in [-0.4, -0.2) is 38.5 Å². The third-order valence-corrected chi connectivity index (χ3v) is 2.62. The van der Waals surface area contributed by atoms with Crippen molar-refractivity contribution in [1.82, 2.24) is 4.98 Å². The van der Waals surface area contributed by atoms with Crippen LogP contribution in [0, 0.1) is 0 Å². The fourth-order valence-electron chi connectivity index (χ4n) is 1.07. The molecule has 0 spiro atoms. The summed E-state index contributed by atoms with van der Waals surface area (Å²) in [6.07, 6.45) is 2.63. The fraction of sp³-hybridized carbons (Fsp3) is 0.700. The second kappa shape index (κ2) is 8.46. The molecule has 2 N–H and O–H groups in total. The number of thiazole rings is 1. The van der Waals surface area contributed by atoms with Gasteiger partial charge in [-0.05, 0) is 6.42 Å². The molecule has 0 aliphatic rings. The summed E-state index contributed by atoms with van der Waals surface area (Å²) in [6, 6.07) is 0. The number of anilines is 1. The van der Waals surface area contributed by atoms with Crippen molar-refractivity contribution in [1.29, 1.82) is 0 Å². The van der Waals surface area contributed by atoms with Crippen LogP contribution in [0.5, 0.6) is 0 Å². The molecule has 1 rings (SSSR count). The van der Waals surface area contributed by atoms with Crippen LogP contribution in [0.3, 0.4) is 0 Å². The third kappa shape index (κ3) is 6.02. The predicted octanol–water partition coefficient (Wildman–Crippen LogP) is 1.29. The van der Waals surface area contributed by atoms with Gasteiger partial charge in [0.15, 0.2) is 5.13 Å². The van der Waals surface area contributed by atoms with Crippen LogP contribution in [0.1, 0.15) is 11.3 Å². The Labute approximate surface area is 99.5 Å². The highest BCUT2D eigenvalue weighted by Crippen LogP contribution is 2.14. The zero-order chi connectivity index (χ0) is 11.6. The van der Waals surface area contributed by atoms with Crippen LogP contribution in [0.2, 0.25) is 0 Å². The SMILES string of the molecule is COCCOCCCOCc1cnc(N)s1. The molecule has 0 aromatic carbocycles. The number of methoxy groups -OCH3 is 1. The molecule has 1 heterocycles. The number of rotatable bonds is 9. The smallest absolute Gasteiger partial charge is 0.180 e. The van der Waals surface area contributed by atoms with Crippen LogP contribution >= 0.6 is 11.3 Å². The summed E-state index contributed by atoms with van der Waals surface area (Å²) in [5.41, 5.74) is 5.50. The van der Waals surface area contributed by atoms with Gasteiger partial charge in [-0.25, -0.2) is 4.98 Å². The standard InChI is InChI=1S/C10H18N2O3S/c1-13-5-6-14-3-2-4-15-8-9-7-12-10(11)16-9/h7H,2-6,8H2,1H3,(H2,11,12). The number of nitrogens with zero attached hydrogens (tertiary/aromatic N) is 1. The second-order valence-electron chi connectivity index (χ2n) is 3.18. The Morgan fingerprint density at radius 2 is 2.06 bits per heavy atom. The first-order valence-corrected chi connectivity index (χ1v) is 5.99. The normalized spacial score (nSPS) is 10.8. The van der Waals surface area contributed by atoms with Gasteiger partial charge in [-0.15, -0.1) is 0 Å². The zero-order valence-corrected chi connectivity index (χ0v) is 10.3. The molecule has 0 unspecified atom stereocenters. The highest BCUT2D eigenvalue weighted by molar-refractivity contribution is 7.15. The molecule has 0 aliphatic heterocycles. The summed E-state index contributed by atoms with van der Waals surface area (Å²) in [6.45, 7) is 3.24. The van der Waals surface area contributed by atoms with Crippen molar-refractivity contribution >= 4 is 16.5 Å². The molecule has 5 nitrogen and oxygen atoms in total. The number of nitrogen functional groups attached to an aromatic ring is 1. The summed E-state index contributed by atoms with van der Waals surface area (Å²) in [5.74, 6) is 0. The minimum Gasteiger partial charge on any atom is -0.382 e. The molecule has 0 radical (unpaired) electrons. The molecule has 0 saturated heterocycles. The molecule has 0 aliphatic carbocycles. The van der Waals surface area contributed by atoms with Crippen molar-refractivity contribution < 1.29 is 14.2 Å². The Morgan fingerprint density at radius 1 is 1.25 bits per heavy atom. The van der Waals surface area contributed by atoms with E-state index in [2.05, 4.69) is 4.98 Å². The Bertz CT molecular complexity index is 281. The Balaban J connectivity index is 1.88. The lowest BCUT2D eigenvalue weighted by atomic mass is 10.5. The summed E-state index contributed by atoms with van der Waals surface area (Å²) >= 11 is 1.46. The third-order valence-electron chi connectivity index (χ3n) is 1.82. The number of aromatic nitrogens is 1. The van der Waals surface area contributed by atoms with Gasteiger partial charge in [0.2, 0.25) is 0 Å². The number of hydrogen-bond acceptors (Lipinski definition) is 6. The molecule has 0 atom stereocenters. The van der Waals surface area contributed by atoms with E-state index in [9.17, 15) is 0 Å². The second-order valence-corrected chi connectivity index (χ2v) is 4.32. The van der Waals surface area contributed by atoms with Gasteiger partial charge in [-0.2, -0.15) is 0 Å². The van der Waals surface area contributed by atoms with Gasteiger partial charge >= 0.3 is 0 Å². The van der Waals surface area contributed by atoms with Crippen LogP contribution in [0.15, 0.2) is 6.20 Å². The molecular formula is C10H18N2O3S. The fourth-order valence-corrected chi connectivity index (χ4v) is 1.69. The highest BCUT2D eigenvalue weighted by Gasteiger charge is 1.98. The van der Waals surface area contributed by atoms with Gasteiger partial charge in [-0.1, -0.05) is 11.3 Å². The molecule has 0 fully saturated rings. The number of ether oxygens (including phenoxy) is 3.